The number of aryl methyl sites for hydroxylation is 2. The van der Waals surface area contributed by atoms with E-state index in [1.807, 2.05) is 6.92 Å². The van der Waals surface area contributed by atoms with Gasteiger partial charge < -0.3 is 10.6 Å². The van der Waals surface area contributed by atoms with Crippen molar-refractivity contribution in [2.24, 2.45) is 4.99 Å². The molecular weight excluding hydrogens is 347 g/mol. The largest absolute Gasteiger partial charge is 0.350 e. The molecule has 0 saturated heterocycles. The van der Waals surface area contributed by atoms with Gasteiger partial charge in [-0.2, -0.15) is 0 Å². The number of aliphatic imine (C=N–C) groups is 1. The molecule has 2 N–H and O–H groups in total. The maximum Gasteiger partial charge on any atom is 0.192 e. The lowest BCUT2D eigenvalue weighted by Crippen LogP contribution is -2.36. The van der Waals surface area contributed by atoms with Crippen molar-refractivity contribution in [3.8, 4) is 12.3 Å². The SMILES string of the molecule is C#CCNC(=NC)NCc1nc(C)c(C)s1.I. The first kappa shape index (κ1) is 16.2. The molecule has 0 amide bonds. The fraction of sp³-hybridized carbons (Fsp3) is 0.455. The normalized spacial score (nSPS) is 10.4. The van der Waals surface area contributed by atoms with Gasteiger partial charge in [-0.3, -0.25) is 4.99 Å². The lowest BCUT2D eigenvalue weighted by Gasteiger charge is -2.07. The minimum Gasteiger partial charge on any atom is -0.350 e. The van der Waals surface area contributed by atoms with Gasteiger partial charge in [0.2, 0.25) is 0 Å². The molecule has 1 aromatic rings. The minimum absolute atomic E-state index is 0. The Hall–Kier alpha value is -0.810. The Kier molecular flexibility index (Phi) is 7.91. The van der Waals surface area contributed by atoms with E-state index in [-0.39, 0.29) is 24.0 Å². The van der Waals surface area contributed by atoms with Crippen molar-refractivity contribution in [3.05, 3.63) is 15.6 Å². The Morgan fingerprint density at radius 3 is 2.65 bits per heavy atom. The molecule has 0 atom stereocenters. The van der Waals surface area contributed by atoms with E-state index in [2.05, 4.69) is 33.5 Å². The number of nitrogens with zero attached hydrogens (tertiary/aromatic N) is 2. The maximum absolute atomic E-state index is 5.16. The molecule has 17 heavy (non-hydrogen) atoms. The quantitative estimate of drug-likeness (QED) is 0.371. The van der Waals surface area contributed by atoms with Crippen molar-refractivity contribution < 1.29 is 0 Å². The van der Waals surface area contributed by atoms with Crippen LogP contribution < -0.4 is 10.6 Å². The van der Waals surface area contributed by atoms with Crippen molar-refractivity contribution in [1.82, 2.24) is 15.6 Å². The second-order valence-electron chi connectivity index (χ2n) is 3.23. The molecule has 0 radical (unpaired) electrons. The maximum atomic E-state index is 5.16. The first-order valence-electron chi connectivity index (χ1n) is 4.98. The molecule has 0 aliphatic carbocycles. The predicted octanol–water partition coefficient (Wildman–Crippen LogP) is 1.68. The summed E-state index contributed by atoms with van der Waals surface area (Å²) < 4.78 is 0. The number of nitrogens with one attached hydrogen (secondary N) is 2. The van der Waals surface area contributed by atoms with E-state index in [1.165, 1.54) is 4.88 Å². The smallest absolute Gasteiger partial charge is 0.192 e. The minimum atomic E-state index is 0. The number of guanidine groups is 1. The Morgan fingerprint density at radius 2 is 2.18 bits per heavy atom. The average Bonchev–Trinajstić information content (AvgIpc) is 2.59. The zero-order valence-corrected chi connectivity index (χ0v) is 13.3. The van der Waals surface area contributed by atoms with Crippen LogP contribution in [0, 0.1) is 26.2 Å². The van der Waals surface area contributed by atoms with Crippen molar-refractivity contribution in [3.63, 3.8) is 0 Å². The van der Waals surface area contributed by atoms with Gasteiger partial charge in [-0.25, -0.2) is 4.98 Å². The van der Waals surface area contributed by atoms with Crippen molar-refractivity contribution in [2.45, 2.75) is 20.4 Å². The number of terminal acetylenes is 1. The molecule has 4 nitrogen and oxygen atoms in total. The van der Waals surface area contributed by atoms with Crippen LogP contribution in [0.25, 0.3) is 0 Å². The summed E-state index contributed by atoms with van der Waals surface area (Å²) in [5.74, 6) is 3.20. The predicted molar refractivity (Wildman–Crippen MR) is 84.0 cm³/mol. The Labute approximate surface area is 123 Å². The van der Waals surface area contributed by atoms with Crippen LogP contribution in [0.5, 0.6) is 0 Å². The Bertz CT molecular complexity index is 400. The molecule has 1 rings (SSSR count). The van der Waals surface area contributed by atoms with Gasteiger partial charge in [0.05, 0.1) is 18.8 Å². The van der Waals surface area contributed by atoms with Gasteiger partial charge in [0.25, 0.3) is 0 Å². The van der Waals surface area contributed by atoms with Gasteiger partial charge in [-0.15, -0.1) is 41.7 Å². The third-order valence-electron chi connectivity index (χ3n) is 2.06. The summed E-state index contributed by atoms with van der Waals surface area (Å²) in [7, 11) is 1.71. The number of hydrogen-bond acceptors (Lipinski definition) is 3. The van der Waals surface area contributed by atoms with E-state index < -0.39 is 0 Å². The van der Waals surface area contributed by atoms with E-state index in [1.54, 1.807) is 18.4 Å². The van der Waals surface area contributed by atoms with Gasteiger partial charge in [0.1, 0.15) is 5.01 Å². The van der Waals surface area contributed by atoms with Crippen LogP contribution in [-0.4, -0.2) is 24.5 Å². The summed E-state index contributed by atoms with van der Waals surface area (Å²) in [4.78, 5) is 9.73. The standard InChI is InChI=1S/C11H16N4S.HI/c1-5-6-13-11(12-4)14-7-10-15-8(2)9(3)16-10;/h1H,6-7H2,2-4H3,(H2,12,13,14);1H. The zero-order valence-electron chi connectivity index (χ0n) is 10.2. The Morgan fingerprint density at radius 1 is 1.47 bits per heavy atom. The van der Waals surface area contributed by atoms with Gasteiger partial charge in [-0.1, -0.05) is 5.92 Å². The highest BCUT2D eigenvalue weighted by atomic mass is 127. The lowest BCUT2D eigenvalue weighted by atomic mass is 10.4. The van der Waals surface area contributed by atoms with Crippen LogP contribution in [0.3, 0.4) is 0 Å². The number of hydrogen-bond donors (Lipinski definition) is 2. The monoisotopic (exact) mass is 364 g/mol. The Balaban J connectivity index is 0.00000256. The zero-order chi connectivity index (χ0) is 12.0. The van der Waals surface area contributed by atoms with Crippen molar-refractivity contribution >= 4 is 41.3 Å². The van der Waals surface area contributed by atoms with Crippen LogP contribution >= 0.6 is 35.3 Å². The van der Waals surface area contributed by atoms with E-state index in [0.717, 1.165) is 10.7 Å². The summed E-state index contributed by atoms with van der Waals surface area (Å²) >= 11 is 1.69. The van der Waals surface area contributed by atoms with Crippen molar-refractivity contribution in [2.75, 3.05) is 13.6 Å². The average molecular weight is 364 g/mol. The number of rotatable bonds is 3. The molecule has 1 aromatic heterocycles. The molecule has 0 aliphatic heterocycles. The van der Waals surface area contributed by atoms with Crippen LogP contribution in [0.4, 0.5) is 0 Å². The van der Waals surface area contributed by atoms with Crippen LogP contribution in [0.2, 0.25) is 0 Å². The summed E-state index contributed by atoms with van der Waals surface area (Å²) in [6.07, 6.45) is 5.16. The molecule has 6 heteroatoms. The van der Waals surface area contributed by atoms with Crippen LogP contribution in [-0.2, 0) is 6.54 Å². The summed E-state index contributed by atoms with van der Waals surface area (Å²) in [6, 6.07) is 0. The van der Waals surface area contributed by atoms with Crippen LogP contribution in [0.15, 0.2) is 4.99 Å². The molecular formula is C11H17IN4S. The van der Waals surface area contributed by atoms with Gasteiger partial charge in [0, 0.05) is 11.9 Å². The summed E-state index contributed by atoms with van der Waals surface area (Å²) in [6.45, 7) is 5.22. The highest BCUT2D eigenvalue weighted by molar-refractivity contribution is 14.0. The van der Waals surface area contributed by atoms with E-state index in [0.29, 0.717) is 19.0 Å². The molecule has 94 valence electrons. The molecule has 0 fully saturated rings. The third kappa shape index (κ3) is 5.37. The van der Waals surface area contributed by atoms with Gasteiger partial charge >= 0.3 is 0 Å². The number of aromatic nitrogens is 1. The van der Waals surface area contributed by atoms with Crippen LogP contribution in [0.1, 0.15) is 15.6 Å². The number of thiazole rings is 1. The first-order valence-corrected chi connectivity index (χ1v) is 5.80. The fourth-order valence-electron chi connectivity index (χ4n) is 1.13. The molecule has 0 unspecified atom stereocenters. The fourth-order valence-corrected chi connectivity index (χ4v) is 2.00. The highest BCUT2D eigenvalue weighted by Gasteiger charge is 2.03. The topological polar surface area (TPSA) is 49.3 Å². The van der Waals surface area contributed by atoms with Gasteiger partial charge in [0.15, 0.2) is 5.96 Å². The van der Waals surface area contributed by atoms with E-state index in [9.17, 15) is 0 Å². The number of halogens is 1. The lowest BCUT2D eigenvalue weighted by molar-refractivity contribution is 0.841. The highest BCUT2D eigenvalue weighted by Crippen LogP contribution is 2.15. The third-order valence-corrected chi connectivity index (χ3v) is 3.13. The molecule has 0 aromatic carbocycles. The first-order chi connectivity index (χ1) is 7.67. The summed E-state index contributed by atoms with van der Waals surface area (Å²) in [5.41, 5.74) is 1.09. The molecule has 1 heterocycles. The molecule has 0 spiro atoms. The van der Waals surface area contributed by atoms with E-state index >= 15 is 0 Å². The molecule has 0 bridgehead atoms. The molecule has 0 aliphatic rings. The van der Waals surface area contributed by atoms with E-state index in [4.69, 9.17) is 6.42 Å². The summed E-state index contributed by atoms with van der Waals surface area (Å²) in [5, 5.41) is 7.20. The van der Waals surface area contributed by atoms with Gasteiger partial charge in [-0.05, 0) is 13.8 Å². The molecule has 0 saturated carbocycles. The second-order valence-corrected chi connectivity index (χ2v) is 4.52. The second kappa shape index (κ2) is 8.31. The van der Waals surface area contributed by atoms with Crippen molar-refractivity contribution in [1.29, 1.82) is 0 Å².